The highest BCUT2D eigenvalue weighted by Crippen LogP contribution is 2.66. The van der Waals surface area contributed by atoms with Crippen molar-refractivity contribution in [3.05, 3.63) is 0 Å². The van der Waals surface area contributed by atoms with Crippen molar-refractivity contribution < 1.29 is 57.1 Å². The van der Waals surface area contributed by atoms with E-state index in [1.165, 1.54) is 0 Å². The van der Waals surface area contributed by atoms with Crippen LogP contribution in [0.3, 0.4) is 0 Å². The van der Waals surface area contributed by atoms with E-state index in [4.69, 9.17) is 0 Å². The highest BCUT2D eigenvalue weighted by molar-refractivity contribution is 5.15. The van der Waals surface area contributed by atoms with Crippen LogP contribution in [0.15, 0.2) is 0 Å². The van der Waals surface area contributed by atoms with Gasteiger partial charge in [0.1, 0.15) is 0 Å². The van der Waals surface area contributed by atoms with Crippen LogP contribution >= 0.6 is 0 Å². The summed E-state index contributed by atoms with van der Waals surface area (Å²) in [6, 6.07) is -20.6. The third-order valence-electron chi connectivity index (χ3n) is 2.59. The van der Waals surface area contributed by atoms with Crippen molar-refractivity contribution in [2.75, 3.05) is 6.67 Å². The number of rotatable bonds is 2. The molecule has 0 aromatic heterocycles. The summed E-state index contributed by atoms with van der Waals surface area (Å²) in [5.41, 5.74) is 0. The Bertz CT molecular complexity index is 396. The van der Waals surface area contributed by atoms with E-state index >= 15 is 0 Å². The van der Waals surface area contributed by atoms with E-state index in [1.807, 2.05) is 0 Å². The first-order valence-corrected chi connectivity index (χ1v) is 4.56. The lowest BCUT2D eigenvalue weighted by Gasteiger charge is -2.52. The lowest BCUT2D eigenvalue weighted by molar-refractivity contribution is -0.535. The maximum Gasteiger partial charge on any atom is 0.393 e. The first-order valence-electron chi connectivity index (χ1n) is 4.56. The van der Waals surface area contributed by atoms with E-state index in [1.54, 1.807) is 0 Å². The molecule has 1 nitrogen and oxygen atoms in total. The summed E-state index contributed by atoms with van der Waals surface area (Å²) in [5.74, 6) is -22.0. The minimum atomic E-state index is -7.38. The average molecular weight is 347 g/mol. The Labute approximate surface area is 106 Å². The molecule has 0 aromatic carbocycles. The van der Waals surface area contributed by atoms with Gasteiger partial charge in [-0.05, 0) is 0 Å². The van der Waals surface area contributed by atoms with Gasteiger partial charge >= 0.3 is 35.9 Å². The largest absolute Gasteiger partial charge is 0.393 e. The molecular weight excluding hydrogens is 345 g/mol. The van der Waals surface area contributed by atoms with E-state index in [0.29, 0.717) is 0 Å². The highest BCUT2D eigenvalue weighted by atomic mass is 19.4. The van der Waals surface area contributed by atoms with Gasteiger partial charge in [-0.1, -0.05) is 0 Å². The van der Waals surface area contributed by atoms with Crippen LogP contribution in [0.1, 0.15) is 0 Å². The molecule has 0 spiro atoms. The summed E-state index contributed by atoms with van der Waals surface area (Å²) in [6.45, 7) is -3.53. The third kappa shape index (κ3) is 1.76. The molecule has 21 heavy (non-hydrogen) atoms. The van der Waals surface area contributed by atoms with Crippen LogP contribution in [-0.4, -0.2) is 47.5 Å². The second-order valence-corrected chi connectivity index (χ2v) is 3.94. The fourth-order valence-corrected chi connectivity index (χ4v) is 1.50. The molecule has 1 heterocycles. The zero-order valence-corrected chi connectivity index (χ0v) is 9.07. The van der Waals surface area contributed by atoms with Gasteiger partial charge in [-0.2, -0.15) is 52.7 Å². The van der Waals surface area contributed by atoms with Gasteiger partial charge in [0.25, 0.3) is 0 Å². The summed E-state index contributed by atoms with van der Waals surface area (Å²) < 4.78 is 165. The van der Waals surface area contributed by atoms with Crippen LogP contribution in [-0.2, 0) is 0 Å². The van der Waals surface area contributed by atoms with E-state index in [-0.39, 0.29) is 0 Å². The molecule has 0 aliphatic carbocycles. The van der Waals surface area contributed by atoms with E-state index in [9.17, 15) is 57.1 Å². The minimum absolute atomic E-state index is 3.52. The normalized spacial score (nSPS) is 30.1. The first-order chi connectivity index (χ1) is 8.93. The molecule has 1 fully saturated rings. The molecule has 0 saturated carbocycles. The Kier molecular flexibility index (Phi) is 3.51. The average Bonchev–Trinajstić information content (AvgIpc) is 2.25. The number of nitrogens with zero attached hydrogens (tertiary/aromatic N) is 1. The lowest BCUT2D eigenvalue weighted by Crippen LogP contribution is -2.84. The molecule has 0 amide bonds. The summed E-state index contributed by atoms with van der Waals surface area (Å²) in [5, 5.41) is 0. The lowest BCUT2D eigenvalue weighted by atomic mass is 9.93. The van der Waals surface area contributed by atoms with Gasteiger partial charge in [-0.15, -0.1) is 4.90 Å². The SMILES string of the molecule is FCC(F)(F)N1C(F)(F)C(F)(F)C(F)(F)C(F)(F)C1(F)F. The molecule has 1 aliphatic rings. The Hall–Kier alpha value is -0.950. The van der Waals surface area contributed by atoms with Gasteiger partial charge < -0.3 is 0 Å². The van der Waals surface area contributed by atoms with E-state index in [2.05, 4.69) is 0 Å². The van der Waals surface area contributed by atoms with Gasteiger partial charge in [0.05, 0.1) is 0 Å². The molecule has 0 atom stereocenters. The molecule has 0 aromatic rings. The fourth-order valence-electron chi connectivity index (χ4n) is 1.50. The molecule has 0 unspecified atom stereocenters. The summed E-state index contributed by atoms with van der Waals surface area (Å²) in [6.07, 6.45) is 0. The van der Waals surface area contributed by atoms with Crippen molar-refractivity contribution in [1.29, 1.82) is 0 Å². The number of hydrogen-bond donors (Lipinski definition) is 0. The van der Waals surface area contributed by atoms with Gasteiger partial charge in [0.2, 0.25) is 0 Å². The molecule has 0 N–H and O–H groups in total. The van der Waals surface area contributed by atoms with Crippen molar-refractivity contribution in [3.63, 3.8) is 0 Å². The molecule has 14 heteroatoms. The maximum absolute atomic E-state index is 12.9. The van der Waals surface area contributed by atoms with E-state index < -0.39 is 47.5 Å². The predicted octanol–water partition coefficient (Wildman–Crippen LogP) is 3.96. The number of hydrogen-bond acceptors (Lipinski definition) is 1. The van der Waals surface area contributed by atoms with Crippen LogP contribution in [0.4, 0.5) is 57.1 Å². The molecule has 126 valence electrons. The zero-order valence-electron chi connectivity index (χ0n) is 9.07. The smallest absolute Gasteiger partial charge is 0.243 e. The topological polar surface area (TPSA) is 3.24 Å². The summed E-state index contributed by atoms with van der Waals surface area (Å²) in [7, 11) is 0. The number of likely N-dealkylation sites (tertiary alicyclic amines) is 1. The standard InChI is InChI=1S/C7H2F13N/c8-1-2(9,10)21-6(17,18)4(13,14)3(11,12)5(15,16)7(21,19)20/h1H2. The van der Waals surface area contributed by atoms with Crippen LogP contribution in [0.25, 0.3) is 0 Å². The Morgan fingerprint density at radius 2 is 0.905 bits per heavy atom. The quantitative estimate of drug-likeness (QED) is 0.540. The molecule has 1 aliphatic heterocycles. The van der Waals surface area contributed by atoms with Gasteiger partial charge in [-0.3, -0.25) is 0 Å². The second-order valence-electron chi connectivity index (χ2n) is 3.94. The van der Waals surface area contributed by atoms with E-state index in [0.717, 1.165) is 0 Å². The Morgan fingerprint density at radius 3 is 1.14 bits per heavy atom. The predicted molar refractivity (Wildman–Crippen MR) is 37.5 cm³/mol. The number of alkyl halides is 13. The van der Waals surface area contributed by atoms with Crippen LogP contribution in [0.5, 0.6) is 0 Å². The van der Waals surface area contributed by atoms with Gasteiger partial charge in [-0.25, -0.2) is 4.39 Å². The molecule has 1 saturated heterocycles. The molecule has 0 bridgehead atoms. The van der Waals surface area contributed by atoms with Crippen LogP contribution in [0, 0.1) is 0 Å². The molecule has 0 radical (unpaired) electrons. The second kappa shape index (κ2) is 4.07. The minimum Gasteiger partial charge on any atom is -0.243 e. The zero-order chi connectivity index (χ0) is 17.3. The monoisotopic (exact) mass is 347 g/mol. The van der Waals surface area contributed by atoms with Crippen molar-refractivity contribution in [2.24, 2.45) is 0 Å². The molecular formula is C7H2F13N. The number of halogens is 13. The summed E-state index contributed by atoms with van der Waals surface area (Å²) >= 11 is 0. The third-order valence-corrected chi connectivity index (χ3v) is 2.59. The summed E-state index contributed by atoms with van der Waals surface area (Å²) in [4.78, 5) is -3.52. The maximum atomic E-state index is 12.9. The van der Waals surface area contributed by atoms with Crippen molar-refractivity contribution in [1.82, 2.24) is 4.90 Å². The van der Waals surface area contributed by atoms with Crippen molar-refractivity contribution in [3.8, 4) is 0 Å². The fraction of sp³-hybridized carbons (Fsp3) is 1.00. The highest BCUT2D eigenvalue weighted by Gasteiger charge is 2.97. The van der Waals surface area contributed by atoms with Crippen molar-refractivity contribution >= 4 is 0 Å². The van der Waals surface area contributed by atoms with Gasteiger partial charge in [0, 0.05) is 0 Å². The Balaban J connectivity index is 3.75. The molecule has 1 rings (SSSR count). The number of piperidine rings is 1. The van der Waals surface area contributed by atoms with Crippen LogP contribution in [0.2, 0.25) is 0 Å². The Morgan fingerprint density at radius 1 is 0.619 bits per heavy atom. The van der Waals surface area contributed by atoms with Crippen LogP contribution < -0.4 is 0 Å². The first kappa shape index (κ1) is 18.1. The van der Waals surface area contributed by atoms with Gasteiger partial charge in [0.15, 0.2) is 6.67 Å². The van der Waals surface area contributed by atoms with Crippen molar-refractivity contribution in [2.45, 2.75) is 35.9 Å².